The molecule has 0 bridgehead atoms. The largest absolute Gasteiger partial charge is 0.497 e. The molecule has 2 aliphatic rings. The van der Waals surface area contributed by atoms with Crippen LogP contribution >= 0.6 is 11.6 Å². The van der Waals surface area contributed by atoms with E-state index >= 15 is 0 Å². The van der Waals surface area contributed by atoms with Gasteiger partial charge in [-0.05, 0) is 74.1 Å². The Hall–Kier alpha value is -2.09. The summed E-state index contributed by atoms with van der Waals surface area (Å²) < 4.78 is 32.6. The van der Waals surface area contributed by atoms with E-state index in [1.165, 1.54) is 16.4 Å². The zero-order valence-corrected chi connectivity index (χ0v) is 19.8. The van der Waals surface area contributed by atoms with Crippen LogP contribution in [0.25, 0.3) is 0 Å². The van der Waals surface area contributed by atoms with Gasteiger partial charge in [-0.2, -0.15) is 4.31 Å². The minimum absolute atomic E-state index is 0.127. The summed E-state index contributed by atoms with van der Waals surface area (Å²) in [6.45, 7) is 1.49. The molecule has 2 aromatic rings. The van der Waals surface area contributed by atoms with Gasteiger partial charge in [0.1, 0.15) is 5.75 Å². The summed E-state index contributed by atoms with van der Waals surface area (Å²) in [7, 11) is -1.91. The lowest BCUT2D eigenvalue weighted by atomic mass is 9.95. The van der Waals surface area contributed by atoms with Crippen LogP contribution in [0, 0.1) is 5.92 Å². The summed E-state index contributed by atoms with van der Waals surface area (Å²) in [5.74, 6) is 0.865. The Morgan fingerprint density at radius 2 is 1.78 bits per heavy atom. The molecule has 2 aromatic carbocycles. The van der Waals surface area contributed by atoms with Crippen molar-refractivity contribution in [3.63, 3.8) is 0 Å². The average molecular weight is 477 g/mol. The van der Waals surface area contributed by atoms with Crippen LogP contribution in [-0.2, 0) is 21.2 Å². The second kappa shape index (κ2) is 9.81. The lowest BCUT2D eigenvalue weighted by Crippen LogP contribution is -2.46. The maximum absolute atomic E-state index is 13.3. The van der Waals surface area contributed by atoms with Gasteiger partial charge in [0.05, 0.1) is 12.0 Å². The van der Waals surface area contributed by atoms with Gasteiger partial charge < -0.3 is 9.64 Å². The van der Waals surface area contributed by atoms with Crippen LogP contribution in [0.1, 0.15) is 31.2 Å². The van der Waals surface area contributed by atoms with Gasteiger partial charge in [-0.1, -0.05) is 23.7 Å². The topological polar surface area (TPSA) is 66.9 Å². The molecule has 1 amide bonds. The summed E-state index contributed by atoms with van der Waals surface area (Å²) in [4.78, 5) is 15.6. The minimum atomic E-state index is -3.57. The van der Waals surface area contributed by atoms with E-state index in [9.17, 15) is 13.2 Å². The number of ether oxygens (including phenoxy) is 1. The number of benzene rings is 2. The predicted molar refractivity (Wildman–Crippen MR) is 124 cm³/mol. The van der Waals surface area contributed by atoms with Crippen LogP contribution in [0.3, 0.4) is 0 Å². The van der Waals surface area contributed by atoms with Gasteiger partial charge in [0, 0.05) is 36.6 Å². The monoisotopic (exact) mass is 476 g/mol. The molecule has 1 atom stereocenters. The maximum Gasteiger partial charge on any atom is 0.243 e. The van der Waals surface area contributed by atoms with E-state index < -0.39 is 10.0 Å². The van der Waals surface area contributed by atoms with Crippen LogP contribution in [0.4, 0.5) is 0 Å². The SMILES string of the molecule is COc1cccc(CC2CCCN2C(=O)C2CCN(S(=O)(=O)c3ccc(Cl)cc3)CC2)c1. The predicted octanol–water partition coefficient (Wildman–Crippen LogP) is 3.98. The fraction of sp³-hybridized carbons (Fsp3) is 0.458. The Balaban J connectivity index is 1.37. The molecule has 0 N–H and O–H groups in total. The standard InChI is InChI=1S/C24H29ClN2O4S/c1-31-22-6-2-4-18(17-22)16-21-5-3-13-27(21)24(28)19-11-14-26(15-12-19)32(29,30)23-9-7-20(25)8-10-23/h2,4,6-10,17,19,21H,3,5,11-16H2,1H3. The van der Waals surface area contributed by atoms with E-state index in [-0.39, 0.29) is 22.8 Å². The summed E-state index contributed by atoms with van der Waals surface area (Å²) >= 11 is 5.88. The van der Waals surface area contributed by atoms with Crippen LogP contribution in [0.2, 0.25) is 5.02 Å². The number of amides is 1. The van der Waals surface area contributed by atoms with Crippen molar-refractivity contribution in [1.82, 2.24) is 9.21 Å². The number of hydrogen-bond donors (Lipinski definition) is 0. The first-order chi connectivity index (χ1) is 15.4. The van der Waals surface area contributed by atoms with Crippen LogP contribution in [-0.4, -0.2) is 56.3 Å². The van der Waals surface area contributed by atoms with Gasteiger partial charge in [-0.3, -0.25) is 4.79 Å². The molecule has 0 aromatic heterocycles. The fourth-order valence-corrected chi connectivity index (χ4v) is 6.34. The molecule has 4 rings (SSSR count). The van der Waals surface area contributed by atoms with E-state index in [1.54, 1.807) is 19.2 Å². The van der Waals surface area contributed by atoms with Crippen molar-refractivity contribution in [3.8, 4) is 5.75 Å². The second-order valence-corrected chi connectivity index (χ2v) is 10.9. The normalized spacial score (nSPS) is 20.4. The molecule has 0 saturated carbocycles. The van der Waals surface area contributed by atoms with Crippen LogP contribution in [0.5, 0.6) is 5.75 Å². The molecular weight excluding hydrogens is 448 g/mol. The van der Waals surface area contributed by atoms with Gasteiger partial charge in [-0.15, -0.1) is 0 Å². The van der Waals surface area contributed by atoms with Gasteiger partial charge in [0.15, 0.2) is 0 Å². The van der Waals surface area contributed by atoms with Crippen molar-refractivity contribution in [1.29, 1.82) is 0 Å². The molecular formula is C24H29ClN2O4S. The van der Waals surface area contributed by atoms with Crippen molar-refractivity contribution in [3.05, 3.63) is 59.1 Å². The zero-order chi connectivity index (χ0) is 22.7. The van der Waals surface area contributed by atoms with Crippen molar-refractivity contribution < 1.29 is 17.9 Å². The quantitative estimate of drug-likeness (QED) is 0.632. The molecule has 1 unspecified atom stereocenters. The number of carbonyl (C=O) groups excluding carboxylic acids is 1. The molecule has 8 heteroatoms. The average Bonchev–Trinajstić information content (AvgIpc) is 3.27. The van der Waals surface area contributed by atoms with Gasteiger partial charge in [0.25, 0.3) is 0 Å². The Labute approximate surface area is 195 Å². The highest BCUT2D eigenvalue weighted by atomic mass is 35.5. The van der Waals surface area contributed by atoms with E-state index in [1.807, 2.05) is 23.1 Å². The number of halogens is 1. The summed E-state index contributed by atoms with van der Waals surface area (Å²) in [5, 5.41) is 0.502. The zero-order valence-electron chi connectivity index (χ0n) is 18.2. The molecule has 0 spiro atoms. The molecule has 32 heavy (non-hydrogen) atoms. The molecule has 0 aliphatic carbocycles. The highest BCUT2D eigenvalue weighted by molar-refractivity contribution is 7.89. The Morgan fingerprint density at radius 3 is 2.47 bits per heavy atom. The number of hydrogen-bond acceptors (Lipinski definition) is 4. The van der Waals surface area contributed by atoms with E-state index in [2.05, 4.69) is 6.07 Å². The molecule has 2 heterocycles. The summed E-state index contributed by atoms with van der Waals surface area (Å²) in [6.07, 6.45) is 3.91. The molecule has 2 fully saturated rings. The summed E-state index contributed by atoms with van der Waals surface area (Å²) in [6, 6.07) is 14.4. The number of likely N-dealkylation sites (tertiary alicyclic amines) is 1. The maximum atomic E-state index is 13.3. The van der Waals surface area contributed by atoms with Crippen molar-refractivity contribution in [2.24, 2.45) is 5.92 Å². The Morgan fingerprint density at radius 1 is 1.06 bits per heavy atom. The van der Waals surface area contributed by atoms with Gasteiger partial charge in [0.2, 0.25) is 15.9 Å². The van der Waals surface area contributed by atoms with E-state index in [0.717, 1.165) is 37.1 Å². The molecule has 6 nitrogen and oxygen atoms in total. The first kappa shape index (κ1) is 23.1. The number of sulfonamides is 1. The van der Waals surface area contributed by atoms with E-state index in [4.69, 9.17) is 16.3 Å². The minimum Gasteiger partial charge on any atom is -0.497 e. The first-order valence-electron chi connectivity index (χ1n) is 11.1. The smallest absolute Gasteiger partial charge is 0.243 e. The Bertz CT molecular complexity index is 1050. The third-order valence-electron chi connectivity index (χ3n) is 6.52. The number of methoxy groups -OCH3 is 1. The lowest BCUT2D eigenvalue weighted by molar-refractivity contribution is -0.137. The number of carbonyl (C=O) groups is 1. The van der Waals surface area contributed by atoms with Crippen LogP contribution < -0.4 is 4.74 Å². The van der Waals surface area contributed by atoms with Crippen LogP contribution in [0.15, 0.2) is 53.4 Å². The molecule has 2 saturated heterocycles. The van der Waals surface area contributed by atoms with Crippen molar-refractivity contribution in [2.45, 2.75) is 43.0 Å². The molecule has 2 aliphatic heterocycles. The molecule has 0 radical (unpaired) electrons. The highest BCUT2D eigenvalue weighted by Gasteiger charge is 2.37. The number of rotatable bonds is 6. The number of nitrogens with zero attached hydrogens (tertiary/aromatic N) is 2. The highest BCUT2D eigenvalue weighted by Crippen LogP contribution is 2.30. The van der Waals surface area contributed by atoms with Crippen molar-refractivity contribution >= 4 is 27.5 Å². The first-order valence-corrected chi connectivity index (χ1v) is 12.9. The van der Waals surface area contributed by atoms with Gasteiger partial charge >= 0.3 is 0 Å². The van der Waals surface area contributed by atoms with Crippen molar-refractivity contribution in [2.75, 3.05) is 26.7 Å². The van der Waals surface area contributed by atoms with Gasteiger partial charge in [-0.25, -0.2) is 8.42 Å². The molecule has 172 valence electrons. The second-order valence-electron chi connectivity index (χ2n) is 8.52. The summed E-state index contributed by atoms with van der Waals surface area (Å²) in [5.41, 5.74) is 1.16. The fourth-order valence-electron chi connectivity index (χ4n) is 4.74. The Kier molecular flexibility index (Phi) is 7.08. The van der Waals surface area contributed by atoms with E-state index in [0.29, 0.717) is 31.0 Å². The third kappa shape index (κ3) is 4.95. The third-order valence-corrected chi connectivity index (χ3v) is 8.69. The number of piperidine rings is 1. The lowest BCUT2D eigenvalue weighted by Gasteiger charge is -2.34.